The summed E-state index contributed by atoms with van der Waals surface area (Å²) >= 11 is 0. The number of hydrogen-bond acceptors (Lipinski definition) is 5. The topological polar surface area (TPSA) is 86.3 Å². The molecule has 0 saturated heterocycles. The summed E-state index contributed by atoms with van der Waals surface area (Å²) in [7, 11) is -4.24. The van der Waals surface area contributed by atoms with E-state index in [1.165, 1.54) is 0 Å². The fourth-order valence-corrected chi connectivity index (χ4v) is 3.05. The molecule has 0 amide bonds. The van der Waals surface area contributed by atoms with Crippen LogP contribution in [0.5, 0.6) is 0 Å². The van der Waals surface area contributed by atoms with Crippen LogP contribution < -0.4 is 34.9 Å². The van der Waals surface area contributed by atoms with Gasteiger partial charge in [-0.25, -0.2) is 8.42 Å². The molecule has 7 heteroatoms. The summed E-state index contributed by atoms with van der Waals surface area (Å²) in [5.41, 5.74) is 2.19. The molecule has 5 nitrogen and oxygen atoms in total. The number of Topliss-reactive ketones (excluding diaryl/α,β-unsaturated/α-hetero) is 1. The van der Waals surface area contributed by atoms with Gasteiger partial charge in [-0.05, 0) is 17.0 Å². The first kappa shape index (κ1) is 18.3. The quantitative estimate of drug-likeness (QED) is 0.410. The number of carbonyl (C=O) groups excluding carboxylic acids is 1. The fourth-order valence-electron chi connectivity index (χ4n) is 2.66. The van der Waals surface area contributed by atoms with E-state index in [1.54, 1.807) is 6.07 Å². The number of nitrogens with one attached hydrogen (secondary N) is 1. The van der Waals surface area contributed by atoms with Crippen LogP contribution in [0, 0.1) is 0 Å². The standard InChI is InChI=1S/C16H15NO4S.Na/c18-16-13(10-17-7-8-22(19,20)21)9-12-5-1-3-11-4-2-6-14(16)15(11)12;/h1-6,9,17H,7-8,10H2,(H,19,20,21);/q;+1/p-1. The molecule has 2 aromatic carbocycles. The van der Waals surface area contributed by atoms with Crippen LogP contribution >= 0.6 is 0 Å². The number of rotatable bonds is 5. The van der Waals surface area contributed by atoms with Crippen molar-refractivity contribution in [3.8, 4) is 0 Å². The second-order valence-corrected chi connectivity index (χ2v) is 6.71. The van der Waals surface area contributed by atoms with E-state index in [-0.39, 0.29) is 48.4 Å². The van der Waals surface area contributed by atoms with Crippen molar-refractivity contribution in [2.75, 3.05) is 18.8 Å². The zero-order valence-corrected chi connectivity index (χ0v) is 15.5. The number of carbonyl (C=O) groups is 1. The van der Waals surface area contributed by atoms with Crippen LogP contribution in [0.25, 0.3) is 16.8 Å². The molecule has 2 aromatic rings. The van der Waals surface area contributed by atoms with E-state index in [0.29, 0.717) is 11.1 Å². The molecule has 114 valence electrons. The summed E-state index contributed by atoms with van der Waals surface area (Å²) in [5.74, 6) is -0.553. The van der Waals surface area contributed by atoms with Gasteiger partial charge in [0, 0.05) is 29.6 Å². The maximum Gasteiger partial charge on any atom is 1.00 e. The Morgan fingerprint density at radius 3 is 2.48 bits per heavy atom. The molecule has 0 fully saturated rings. The molecule has 1 aliphatic rings. The second kappa shape index (κ2) is 7.25. The zero-order chi connectivity index (χ0) is 15.7. The fraction of sp³-hybridized carbons (Fsp3) is 0.188. The van der Waals surface area contributed by atoms with Crippen LogP contribution in [0.3, 0.4) is 0 Å². The van der Waals surface area contributed by atoms with Crippen molar-refractivity contribution < 1.29 is 47.3 Å². The minimum absolute atomic E-state index is 0. The van der Waals surface area contributed by atoms with Crippen molar-refractivity contribution in [3.63, 3.8) is 0 Å². The van der Waals surface area contributed by atoms with Gasteiger partial charge >= 0.3 is 29.6 Å². The van der Waals surface area contributed by atoms with Crippen LogP contribution in [-0.2, 0) is 10.1 Å². The Labute approximate surface area is 156 Å². The van der Waals surface area contributed by atoms with Crippen LogP contribution in [0.4, 0.5) is 0 Å². The summed E-state index contributed by atoms with van der Waals surface area (Å²) in [5, 5.41) is 4.80. The zero-order valence-electron chi connectivity index (χ0n) is 12.7. The largest absolute Gasteiger partial charge is 1.00 e. The van der Waals surface area contributed by atoms with E-state index in [9.17, 15) is 17.8 Å². The Morgan fingerprint density at radius 1 is 1.09 bits per heavy atom. The predicted octanol–water partition coefficient (Wildman–Crippen LogP) is -1.44. The number of hydrogen-bond donors (Lipinski definition) is 1. The van der Waals surface area contributed by atoms with Gasteiger partial charge in [-0.2, -0.15) is 0 Å². The van der Waals surface area contributed by atoms with Crippen molar-refractivity contribution in [1.29, 1.82) is 0 Å². The van der Waals surface area contributed by atoms with Crippen LogP contribution in [0.1, 0.15) is 15.9 Å². The van der Waals surface area contributed by atoms with Gasteiger partial charge in [0.1, 0.15) is 0 Å². The van der Waals surface area contributed by atoms with Crippen molar-refractivity contribution in [1.82, 2.24) is 5.32 Å². The van der Waals surface area contributed by atoms with Crippen LogP contribution in [0.15, 0.2) is 42.0 Å². The molecule has 0 radical (unpaired) electrons. The van der Waals surface area contributed by atoms with E-state index in [1.807, 2.05) is 36.4 Å². The third-order valence-corrected chi connectivity index (χ3v) is 4.35. The molecule has 0 heterocycles. The minimum atomic E-state index is -4.24. The predicted molar refractivity (Wildman–Crippen MR) is 83.7 cm³/mol. The molecule has 0 bridgehead atoms. The normalized spacial score (nSPS) is 13.6. The maximum atomic E-state index is 12.5. The molecule has 0 atom stereocenters. The van der Waals surface area contributed by atoms with Crippen molar-refractivity contribution in [2.24, 2.45) is 0 Å². The van der Waals surface area contributed by atoms with Gasteiger partial charge in [-0.15, -0.1) is 0 Å². The van der Waals surface area contributed by atoms with Crippen LogP contribution in [0.2, 0.25) is 0 Å². The first-order valence-corrected chi connectivity index (χ1v) is 8.45. The Balaban J connectivity index is 0.00000192. The van der Waals surface area contributed by atoms with E-state index in [2.05, 4.69) is 5.32 Å². The molecule has 0 unspecified atom stereocenters. The Hall–Kier alpha value is -1.02. The van der Waals surface area contributed by atoms with Gasteiger partial charge in [-0.1, -0.05) is 36.4 Å². The SMILES string of the molecule is O=C1C(CNCCS(=O)(=O)[O-])=Cc2cccc3cccc1c23.[Na+]. The third-order valence-electron chi connectivity index (χ3n) is 3.65. The van der Waals surface area contributed by atoms with E-state index >= 15 is 0 Å². The smallest absolute Gasteiger partial charge is 0.748 e. The molecule has 0 aromatic heterocycles. The molecule has 23 heavy (non-hydrogen) atoms. The van der Waals surface area contributed by atoms with E-state index in [4.69, 9.17) is 0 Å². The van der Waals surface area contributed by atoms with Gasteiger partial charge in [-0.3, -0.25) is 4.79 Å². The molecule has 3 rings (SSSR count). The van der Waals surface area contributed by atoms with Gasteiger partial charge in [0.2, 0.25) is 0 Å². The molecule has 0 spiro atoms. The first-order valence-electron chi connectivity index (χ1n) is 6.87. The molecule has 1 aliphatic carbocycles. The molecule has 0 aliphatic heterocycles. The number of ketones is 1. The maximum absolute atomic E-state index is 12.5. The van der Waals surface area contributed by atoms with Crippen LogP contribution in [-0.4, -0.2) is 37.6 Å². The van der Waals surface area contributed by atoms with Crippen molar-refractivity contribution >= 4 is 32.7 Å². The van der Waals surface area contributed by atoms with Gasteiger partial charge in [0.05, 0.1) is 15.9 Å². The average Bonchev–Trinajstić information content (AvgIpc) is 2.47. The van der Waals surface area contributed by atoms with Crippen molar-refractivity contribution in [2.45, 2.75) is 0 Å². The summed E-state index contributed by atoms with van der Waals surface area (Å²) < 4.78 is 31.7. The van der Waals surface area contributed by atoms with Crippen molar-refractivity contribution in [3.05, 3.63) is 53.1 Å². The Bertz CT molecular complexity index is 885. The third kappa shape index (κ3) is 4.09. The van der Waals surface area contributed by atoms with Gasteiger partial charge in [0.25, 0.3) is 0 Å². The second-order valence-electron chi connectivity index (χ2n) is 5.19. The summed E-state index contributed by atoms with van der Waals surface area (Å²) in [4.78, 5) is 12.5. The Morgan fingerprint density at radius 2 is 1.78 bits per heavy atom. The Kier molecular flexibility index (Phi) is 5.78. The molecule has 1 N–H and O–H groups in total. The number of benzene rings is 2. The average molecular weight is 339 g/mol. The van der Waals surface area contributed by atoms with Gasteiger partial charge < -0.3 is 9.87 Å². The minimum Gasteiger partial charge on any atom is -0.748 e. The summed E-state index contributed by atoms with van der Waals surface area (Å²) in [6, 6.07) is 11.4. The molecular formula is C16H14NNaO4S. The first-order chi connectivity index (χ1) is 10.5. The monoisotopic (exact) mass is 339 g/mol. The van der Waals surface area contributed by atoms with E-state index in [0.717, 1.165) is 16.3 Å². The van der Waals surface area contributed by atoms with Gasteiger partial charge in [0.15, 0.2) is 5.78 Å². The molecular weight excluding hydrogens is 325 g/mol. The summed E-state index contributed by atoms with van der Waals surface area (Å²) in [6.45, 7) is 0.265. The van der Waals surface area contributed by atoms with E-state index < -0.39 is 15.9 Å². The molecule has 0 saturated carbocycles. The summed E-state index contributed by atoms with van der Waals surface area (Å²) in [6.07, 6.45) is 1.82.